The number of nitrogens with one attached hydrogen (secondary N) is 2. The second-order valence-electron chi connectivity index (χ2n) is 26.9. The second kappa shape index (κ2) is 25.7. The lowest BCUT2D eigenvalue weighted by Gasteiger charge is -2.63. The van der Waals surface area contributed by atoms with Crippen molar-refractivity contribution in [2.75, 3.05) is 65.4 Å². The fraction of sp³-hybridized carbons (Fsp3) is 0.875. The van der Waals surface area contributed by atoms with Crippen molar-refractivity contribution >= 4 is 41.7 Å². The van der Waals surface area contributed by atoms with E-state index in [-0.39, 0.29) is 125 Å². The molecule has 19 nitrogen and oxygen atoms in total. The Morgan fingerprint density at radius 3 is 1.49 bits per heavy atom. The SMILES string of the molecule is C[C@H](CCC(=O)O)[C@H]1CC[C@H]2[C@@H]3[C@H](O)C[C@@H]4C[C@@H](NC(=O)CNC(=O)CN(CCN(CC(=O)OC(C)(C)C)CC(=O)OC(C)(C)C)CCN(CC(=O)OC(C)(C)C)CC(=O)OC(C)(C)C)CC[C@]4(C)[C@H]3C[C@H](O)[C@]12C. The second-order valence-corrected chi connectivity index (χ2v) is 26.9. The maximum Gasteiger partial charge on any atom is 0.320 e. The molecule has 0 unspecified atom stereocenters. The highest BCUT2D eigenvalue weighted by atomic mass is 16.6. The molecule has 0 radical (unpaired) electrons. The van der Waals surface area contributed by atoms with Gasteiger partial charge in [-0.1, -0.05) is 20.8 Å². The molecule has 4 fully saturated rings. The summed E-state index contributed by atoms with van der Waals surface area (Å²) in [6, 6.07) is -0.181. The van der Waals surface area contributed by atoms with Crippen molar-refractivity contribution in [2.45, 2.75) is 202 Å². The lowest BCUT2D eigenvalue weighted by molar-refractivity contribution is -0.202. The van der Waals surface area contributed by atoms with Crippen molar-refractivity contribution in [1.29, 1.82) is 0 Å². The number of amides is 2. The zero-order valence-corrected chi connectivity index (χ0v) is 48.3. The van der Waals surface area contributed by atoms with Crippen LogP contribution in [0.3, 0.4) is 0 Å². The molecule has 0 aromatic heterocycles. The van der Waals surface area contributed by atoms with Crippen LogP contribution in [0.25, 0.3) is 0 Å². The third-order valence-corrected chi connectivity index (χ3v) is 16.1. The lowest BCUT2D eigenvalue weighted by Crippen LogP contribution is -2.63. The minimum atomic E-state index is -0.812. The number of carbonyl (C=O) groups excluding carboxylic acids is 6. The molecule has 0 heterocycles. The Morgan fingerprint density at radius 1 is 0.600 bits per heavy atom. The van der Waals surface area contributed by atoms with E-state index in [2.05, 4.69) is 31.4 Å². The predicted molar refractivity (Wildman–Crippen MR) is 282 cm³/mol. The fourth-order valence-corrected chi connectivity index (χ4v) is 13.0. The van der Waals surface area contributed by atoms with Crippen molar-refractivity contribution in [3.8, 4) is 0 Å². The molecular weight excluding hydrogens is 967 g/mol. The summed E-state index contributed by atoms with van der Waals surface area (Å²) in [5, 5.41) is 39.2. The van der Waals surface area contributed by atoms with Crippen LogP contribution in [0.1, 0.15) is 162 Å². The summed E-state index contributed by atoms with van der Waals surface area (Å²) in [4.78, 5) is 96.1. The first-order chi connectivity index (χ1) is 34.4. The van der Waals surface area contributed by atoms with E-state index in [4.69, 9.17) is 18.9 Å². The first kappa shape index (κ1) is 63.6. The van der Waals surface area contributed by atoms with Gasteiger partial charge < -0.3 is 44.9 Å². The molecule has 0 saturated heterocycles. The normalized spacial score (nSPS) is 28.4. The van der Waals surface area contributed by atoms with Gasteiger partial charge in [0.2, 0.25) is 11.8 Å². The van der Waals surface area contributed by atoms with Crippen molar-refractivity contribution in [3.63, 3.8) is 0 Å². The lowest BCUT2D eigenvalue weighted by atomic mass is 9.43. The summed E-state index contributed by atoms with van der Waals surface area (Å²) < 4.78 is 22.3. The van der Waals surface area contributed by atoms with Crippen LogP contribution in [-0.4, -0.2) is 178 Å². The Morgan fingerprint density at radius 2 is 1.05 bits per heavy atom. The largest absolute Gasteiger partial charge is 0.481 e. The number of carbonyl (C=O) groups is 7. The number of esters is 4. The molecule has 0 bridgehead atoms. The Balaban J connectivity index is 1.45. The van der Waals surface area contributed by atoms with Gasteiger partial charge in [-0.25, -0.2) is 0 Å². The molecular formula is C56H97N5O14. The summed E-state index contributed by atoms with van der Waals surface area (Å²) in [6.45, 7) is 26.4. The number of carboxylic acids is 1. The molecule has 430 valence electrons. The molecule has 11 atom stereocenters. The average Bonchev–Trinajstić information content (AvgIpc) is 3.59. The number of nitrogens with zero attached hydrogens (tertiary/aromatic N) is 3. The van der Waals surface area contributed by atoms with Gasteiger partial charge in [0.1, 0.15) is 22.4 Å². The Labute approximate surface area is 447 Å². The third-order valence-electron chi connectivity index (χ3n) is 16.1. The van der Waals surface area contributed by atoms with E-state index in [0.29, 0.717) is 32.1 Å². The number of fused-ring (bicyclic) bond motifs is 5. The summed E-state index contributed by atoms with van der Waals surface area (Å²) in [5.41, 5.74) is -3.69. The average molecular weight is 1060 g/mol. The molecule has 0 aliphatic heterocycles. The van der Waals surface area contributed by atoms with Crippen LogP contribution >= 0.6 is 0 Å². The van der Waals surface area contributed by atoms with Crippen molar-refractivity contribution in [2.24, 2.45) is 46.3 Å². The highest BCUT2D eigenvalue weighted by Gasteiger charge is 2.65. The predicted octanol–water partition coefficient (Wildman–Crippen LogP) is 4.96. The van der Waals surface area contributed by atoms with Gasteiger partial charge in [0.25, 0.3) is 0 Å². The molecule has 5 N–H and O–H groups in total. The Bertz CT molecular complexity index is 1860. The van der Waals surface area contributed by atoms with Crippen LogP contribution in [0, 0.1) is 46.3 Å². The highest BCUT2D eigenvalue weighted by molar-refractivity contribution is 5.85. The topological polar surface area (TPSA) is 251 Å². The van der Waals surface area contributed by atoms with E-state index in [0.717, 1.165) is 19.3 Å². The van der Waals surface area contributed by atoms with Gasteiger partial charge in [-0.3, -0.25) is 48.3 Å². The zero-order valence-electron chi connectivity index (χ0n) is 48.3. The van der Waals surface area contributed by atoms with Crippen molar-refractivity contribution < 1.29 is 67.8 Å². The van der Waals surface area contributed by atoms with E-state index in [1.165, 1.54) is 0 Å². The summed E-state index contributed by atoms with van der Waals surface area (Å²) in [7, 11) is 0. The minimum absolute atomic E-state index is 0.0355. The number of rotatable bonds is 23. The van der Waals surface area contributed by atoms with Gasteiger partial charge in [-0.2, -0.15) is 0 Å². The van der Waals surface area contributed by atoms with Crippen LogP contribution in [0.15, 0.2) is 0 Å². The molecule has 4 aliphatic rings. The number of ether oxygens (including phenoxy) is 4. The maximum atomic E-state index is 13.8. The third kappa shape index (κ3) is 19.5. The van der Waals surface area contributed by atoms with Gasteiger partial charge in [-0.15, -0.1) is 0 Å². The summed E-state index contributed by atoms with van der Waals surface area (Å²) >= 11 is 0. The number of carboxylic acid groups (broad SMARTS) is 1. The maximum absolute atomic E-state index is 13.8. The summed E-state index contributed by atoms with van der Waals surface area (Å²) in [6.07, 6.45) is 4.70. The number of aliphatic carboxylic acids is 1. The molecule has 2 amide bonds. The number of hydrogen-bond acceptors (Lipinski definition) is 16. The van der Waals surface area contributed by atoms with Gasteiger partial charge in [-0.05, 0) is 181 Å². The first-order valence-corrected chi connectivity index (χ1v) is 27.6. The fourth-order valence-electron chi connectivity index (χ4n) is 13.0. The highest BCUT2D eigenvalue weighted by Crippen LogP contribution is 2.68. The van der Waals surface area contributed by atoms with E-state index in [9.17, 15) is 48.9 Å². The molecule has 0 spiro atoms. The number of aliphatic hydroxyl groups excluding tert-OH is 2. The molecule has 0 aromatic carbocycles. The van der Waals surface area contributed by atoms with Crippen LogP contribution in [0.4, 0.5) is 0 Å². The van der Waals surface area contributed by atoms with Crippen LogP contribution in [-0.2, 0) is 52.5 Å². The van der Waals surface area contributed by atoms with E-state index in [1.54, 1.807) is 97.8 Å². The Kier molecular flexibility index (Phi) is 21.8. The molecule has 0 aromatic rings. The van der Waals surface area contributed by atoms with Gasteiger partial charge in [0.05, 0.1) is 51.5 Å². The van der Waals surface area contributed by atoms with E-state index < -0.39 is 75.8 Å². The molecule has 4 aliphatic carbocycles. The smallest absolute Gasteiger partial charge is 0.320 e. The van der Waals surface area contributed by atoms with Crippen LogP contribution in [0.2, 0.25) is 0 Å². The number of aliphatic hydroxyl groups is 2. The standard InChI is InChI=1S/C56H97N5O14/c1-35(16-19-45(66)67)38-17-18-39-50-40(28-42(63)56(38,39)15)55(14)21-20-37(26-36(55)27-41(50)62)58-43(64)29-57-44(65)30-59(22-24-60(31-46(68)72-51(2,3)4)32-47(69)73-52(5,6)7)23-25-61(33-48(70)74-53(8,9)10)34-49(71)75-54(11,12)13/h35-42,50,62-63H,16-34H2,1-15H3,(H,57,65)(H,58,64)(H,66,67)/t35-,36+,37+,38-,39+,40+,41-,42+,50+,55+,56-/m1/s1. The zero-order chi connectivity index (χ0) is 56.6. The number of hydrogen-bond donors (Lipinski definition) is 5. The van der Waals surface area contributed by atoms with Crippen molar-refractivity contribution in [3.05, 3.63) is 0 Å². The molecule has 4 saturated carbocycles. The first-order valence-electron chi connectivity index (χ1n) is 27.6. The van der Waals surface area contributed by atoms with E-state index in [1.807, 2.05) is 0 Å². The van der Waals surface area contributed by atoms with E-state index >= 15 is 0 Å². The van der Waals surface area contributed by atoms with Crippen LogP contribution < -0.4 is 10.6 Å². The van der Waals surface area contributed by atoms with Gasteiger partial charge in [0, 0.05) is 38.6 Å². The molecule has 19 heteroatoms. The molecule has 75 heavy (non-hydrogen) atoms. The van der Waals surface area contributed by atoms with Gasteiger partial charge in [0.15, 0.2) is 0 Å². The Hall–Kier alpha value is -3.91. The summed E-state index contributed by atoms with van der Waals surface area (Å²) in [5.74, 6) is -3.19. The van der Waals surface area contributed by atoms with Crippen LogP contribution in [0.5, 0.6) is 0 Å². The quantitative estimate of drug-likeness (QED) is 0.0670. The van der Waals surface area contributed by atoms with Crippen molar-refractivity contribution in [1.82, 2.24) is 25.3 Å². The minimum Gasteiger partial charge on any atom is -0.481 e. The van der Waals surface area contributed by atoms with Gasteiger partial charge >= 0.3 is 29.8 Å². The molecule has 4 rings (SSSR count). The monoisotopic (exact) mass is 1060 g/mol.